The summed E-state index contributed by atoms with van der Waals surface area (Å²) in [6.45, 7) is 1.46. The standard InChI is InChI=1S/C18H20Cl2N2O5S/c1-11(18(23)21-16-10-15(26-2)5-6-17(16)27-3)22(28(4,24)25)14-8-12(19)7-13(20)9-14/h5-11H,1-4H3,(H,21,23)/t11-/m0/s1. The largest absolute Gasteiger partial charge is 0.497 e. The number of hydrogen-bond acceptors (Lipinski definition) is 5. The Morgan fingerprint density at radius 1 is 1.07 bits per heavy atom. The maximum atomic E-state index is 12.8. The molecule has 0 aromatic heterocycles. The zero-order valence-electron chi connectivity index (χ0n) is 15.7. The number of amides is 1. The van der Waals surface area contributed by atoms with Crippen molar-refractivity contribution in [1.29, 1.82) is 0 Å². The second-order valence-corrected chi connectivity index (χ2v) is 8.65. The highest BCUT2D eigenvalue weighted by Crippen LogP contribution is 2.31. The molecule has 7 nitrogen and oxygen atoms in total. The van der Waals surface area contributed by atoms with E-state index in [1.807, 2.05) is 0 Å². The van der Waals surface area contributed by atoms with Gasteiger partial charge in [-0.05, 0) is 37.3 Å². The number of nitrogens with zero attached hydrogens (tertiary/aromatic N) is 1. The van der Waals surface area contributed by atoms with E-state index in [4.69, 9.17) is 32.7 Å². The first-order valence-corrected chi connectivity index (χ1v) is 10.7. The molecule has 2 aromatic carbocycles. The molecule has 0 unspecified atom stereocenters. The Hall–Kier alpha value is -2.16. The SMILES string of the molecule is COc1ccc(OC)c(NC(=O)[C@H](C)N(c2cc(Cl)cc(Cl)c2)S(C)(=O)=O)c1. The van der Waals surface area contributed by atoms with E-state index in [1.54, 1.807) is 18.2 Å². The lowest BCUT2D eigenvalue weighted by Gasteiger charge is -2.28. The predicted molar refractivity (Wildman–Crippen MR) is 111 cm³/mol. The minimum absolute atomic E-state index is 0.181. The smallest absolute Gasteiger partial charge is 0.248 e. The van der Waals surface area contributed by atoms with E-state index in [-0.39, 0.29) is 15.7 Å². The van der Waals surface area contributed by atoms with Crippen molar-refractivity contribution in [2.24, 2.45) is 0 Å². The zero-order chi connectivity index (χ0) is 21.1. The van der Waals surface area contributed by atoms with Gasteiger partial charge in [0.2, 0.25) is 15.9 Å². The summed E-state index contributed by atoms with van der Waals surface area (Å²) in [6.07, 6.45) is 0.998. The van der Waals surface area contributed by atoms with Crippen LogP contribution in [0.15, 0.2) is 36.4 Å². The van der Waals surface area contributed by atoms with Crippen LogP contribution in [0.5, 0.6) is 11.5 Å². The van der Waals surface area contributed by atoms with Crippen molar-refractivity contribution >= 4 is 50.5 Å². The van der Waals surface area contributed by atoms with Crippen molar-refractivity contribution in [2.45, 2.75) is 13.0 Å². The van der Waals surface area contributed by atoms with E-state index < -0.39 is 22.0 Å². The number of benzene rings is 2. The summed E-state index contributed by atoms with van der Waals surface area (Å²) in [5, 5.41) is 3.17. The molecular weight excluding hydrogens is 427 g/mol. The van der Waals surface area contributed by atoms with Gasteiger partial charge in [0.05, 0.1) is 31.9 Å². The summed E-state index contributed by atoms with van der Waals surface area (Å²) in [5.41, 5.74) is 0.525. The third-order valence-electron chi connectivity index (χ3n) is 3.85. The van der Waals surface area contributed by atoms with Crippen molar-refractivity contribution in [3.63, 3.8) is 0 Å². The number of rotatable bonds is 7. The summed E-state index contributed by atoms with van der Waals surface area (Å²) >= 11 is 12.0. The van der Waals surface area contributed by atoms with Crippen LogP contribution >= 0.6 is 23.2 Å². The van der Waals surface area contributed by atoms with Crippen LogP contribution in [0.1, 0.15) is 6.92 Å². The Labute approximate surface area is 174 Å². The van der Waals surface area contributed by atoms with Crippen LogP contribution in [-0.2, 0) is 14.8 Å². The summed E-state index contributed by atoms with van der Waals surface area (Å²) in [4.78, 5) is 12.8. The molecule has 0 heterocycles. The highest BCUT2D eigenvalue weighted by molar-refractivity contribution is 7.92. The van der Waals surface area contributed by atoms with Gasteiger partial charge in [-0.2, -0.15) is 0 Å². The van der Waals surface area contributed by atoms with E-state index in [9.17, 15) is 13.2 Å². The molecule has 28 heavy (non-hydrogen) atoms. The number of sulfonamides is 1. The summed E-state index contributed by atoms with van der Waals surface area (Å²) in [7, 11) is -0.871. The van der Waals surface area contributed by atoms with Crippen LogP contribution in [0.2, 0.25) is 10.0 Å². The molecule has 1 N–H and O–H groups in total. The fourth-order valence-corrected chi connectivity index (χ4v) is 4.30. The van der Waals surface area contributed by atoms with Crippen molar-refractivity contribution in [2.75, 3.05) is 30.1 Å². The molecule has 152 valence electrons. The quantitative estimate of drug-likeness (QED) is 0.698. The zero-order valence-corrected chi connectivity index (χ0v) is 18.0. The van der Waals surface area contributed by atoms with Crippen molar-refractivity contribution in [1.82, 2.24) is 0 Å². The fraction of sp³-hybridized carbons (Fsp3) is 0.278. The molecule has 1 atom stereocenters. The Morgan fingerprint density at radius 2 is 1.68 bits per heavy atom. The molecule has 0 aliphatic rings. The molecular formula is C18H20Cl2N2O5S. The Kier molecular flexibility index (Phi) is 7.03. The fourth-order valence-electron chi connectivity index (χ4n) is 2.62. The molecule has 2 rings (SSSR count). The molecule has 2 aromatic rings. The van der Waals surface area contributed by atoms with E-state index in [1.165, 1.54) is 39.3 Å². The topological polar surface area (TPSA) is 84.9 Å². The minimum Gasteiger partial charge on any atom is -0.497 e. The first-order valence-electron chi connectivity index (χ1n) is 8.05. The Balaban J connectivity index is 2.40. The highest BCUT2D eigenvalue weighted by Gasteiger charge is 2.30. The lowest BCUT2D eigenvalue weighted by molar-refractivity contribution is -0.116. The first-order chi connectivity index (χ1) is 13.1. The summed E-state index contributed by atoms with van der Waals surface area (Å²) < 4.78 is 36.1. The van der Waals surface area contributed by atoms with Crippen LogP contribution < -0.4 is 19.1 Å². The van der Waals surface area contributed by atoms with Gasteiger partial charge in [0, 0.05) is 16.1 Å². The van der Waals surface area contributed by atoms with Crippen LogP contribution in [0.3, 0.4) is 0 Å². The van der Waals surface area contributed by atoms with Crippen molar-refractivity contribution < 1.29 is 22.7 Å². The van der Waals surface area contributed by atoms with Crippen molar-refractivity contribution in [3.05, 3.63) is 46.4 Å². The number of anilines is 2. The number of methoxy groups -OCH3 is 2. The van der Waals surface area contributed by atoms with Gasteiger partial charge < -0.3 is 14.8 Å². The van der Waals surface area contributed by atoms with Gasteiger partial charge in [0.15, 0.2) is 0 Å². The molecule has 0 fully saturated rings. The van der Waals surface area contributed by atoms with Gasteiger partial charge in [-0.1, -0.05) is 23.2 Å². The molecule has 0 radical (unpaired) electrons. The molecule has 0 aliphatic carbocycles. The number of ether oxygens (including phenoxy) is 2. The minimum atomic E-state index is -3.82. The third kappa shape index (κ3) is 5.21. The maximum Gasteiger partial charge on any atom is 0.248 e. The van der Waals surface area contributed by atoms with Gasteiger partial charge in [-0.15, -0.1) is 0 Å². The number of carbonyl (C=O) groups is 1. The average Bonchev–Trinajstić information content (AvgIpc) is 2.59. The molecule has 10 heteroatoms. The molecule has 0 bridgehead atoms. The normalized spacial score (nSPS) is 12.2. The van der Waals surface area contributed by atoms with Crippen molar-refractivity contribution in [3.8, 4) is 11.5 Å². The van der Waals surface area contributed by atoms with E-state index in [2.05, 4.69) is 5.32 Å². The van der Waals surface area contributed by atoms with Gasteiger partial charge in [0.25, 0.3) is 0 Å². The lowest BCUT2D eigenvalue weighted by atomic mass is 10.2. The summed E-state index contributed by atoms with van der Waals surface area (Å²) in [6, 6.07) is 8.09. The number of nitrogens with one attached hydrogen (secondary N) is 1. The second-order valence-electron chi connectivity index (χ2n) is 5.92. The monoisotopic (exact) mass is 446 g/mol. The van der Waals surface area contributed by atoms with Gasteiger partial charge in [-0.25, -0.2) is 8.42 Å². The second kappa shape index (κ2) is 8.89. The number of hydrogen-bond donors (Lipinski definition) is 1. The lowest BCUT2D eigenvalue weighted by Crippen LogP contribution is -2.45. The number of halogens is 2. The van der Waals surface area contributed by atoms with Crippen LogP contribution in [0.4, 0.5) is 11.4 Å². The summed E-state index contributed by atoms with van der Waals surface area (Å²) in [5.74, 6) is 0.330. The van der Waals surface area contributed by atoms with Gasteiger partial charge in [-0.3, -0.25) is 9.10 Å². The molecule has 0 saturated heterocycles. The van der Waals surface area contributed by atoms with E-state index in [0.717, 1.165) is 10.6 Å². The predicted octanol–water partition coefficient (Wildman–Crippen LogP) is 3.80. The molecule has 1 amide bonds. The van der Waals surface area contributed by atoms with E-state index >= 15 is 0 Å². The van der Waals surface area contributed by atoms with Gasteiger partial charge in [0.1, 0.15) is 17.5 Å². The third-order valence-corrected chi connectivity index (χ3v) is 5.53. The molecule has 0 saturated carbocycles. The number of carbonyl (C=O) groups excluding carboxylic acids is 1. The Morgan fingerprint density at radius 3 is 2.18 bits per heavy atom. The van der Waals surface area contributed by atoms with Gasteiger partial charge >= 0.3 is 0 Å². The molecule has 0 spiro atoms. The molecule has 0 aliphatic heterocycles. The Bertz CT molecular complexity index is 962. The van der Waals surface area contributed by atoms with Crippen LogP contribution in [0, 0.1) is 0 Å². The van der Waals surface area contributed by atoms with Crippen LogP contribution in [0.25, 0.3) is 0 Å². The average molecular weight is 447 g/mol. The first kappa shape index (κ1) is 22.1. The maximum absolute atomic E-state index is 12.8. The highest BCUT2D eigenvalue weighted by atomic mass is 35.5. The van der Waals surface area contributed by atoms with E-state index in [0.29, 0.717) is 17.2 Å². The van der Waals surface area contributed by atoms with Crippen LogP contribution in [-0.4, -0.2) is 40.8 Å².